The number of hydrogen-bond donors (Lipinski definition) is 1. The highest BCUT2D eigenvalue weighted by atomic mass is 79.9. The third-order valence-corrected chi connectivity index (χ3v) is 6.70. The molecule has 0 aliphatic carbocycles. The van der Waals surface area contributed by atoms with E-state index in [-0.39, 0.29) is 0 Å². The molecular weight excluding hydrogens is 426 g/mol. The van der Waals surface area contributed by atoms with Crippen LogP contribution in [-0.4, -0.2) is 68.7 Å². The predicted octanol–water partition coefficient (Wildman–Crippen LogP) is 2.06. The normalized spacial score (nSPS) is 16.0. The fourth-order valence-corrected chi connectivity index (χ4v) is 4.84. The first kappa shape index (κ1) is 20.6. The van der Waals surface area contributed by atoms with Gasteiger partial charge in [-0.3, -0.25) is 0 Å². The van der Waals surface area contributed by atoms with Crippen molar-refractivity contribution in [2.75, 3.05) is 45.9 Å². The van der Waals surface area contributed by atoms with Crippen LogP contribution in [0.4, 0.5) is 0 Å². The maximum absolute atomic E-state index is 12.7. The standard InChI is InChI=1S/C16H24BrN3O3S2/c1-2-23-12-4-7-18-16(24)19-8-10-20(11-9-19)25(21,22)15-6-3-5-14(17)13-15/h3,5-6,13H,2,4,7-12H2,1H3,(H,18,24). The predicted molar refractivity (Wildman–Crippen MR) is 106 cm³/mol. The van der Waals surface area contributed by atoms with E-state index in [4.69, 9.17) is 17.0 Å². The summed E-state index contributed by atoms with van der Waals surface area (Å²) in [5.41, 5.74) is 0. The molecule has 0 aromatic heterocycles. The number of hydrogen-bond acceptors (Lipinski definition) is 4. The van der Waals surface area contributed by atoms with E-state index in [0.29, 0.717) is 42.8 Å². The molecule has 0 unspecified atom stereocenters. The molecule has 0 spiro atoms. The Balaban J connectivity index is 1.83. The van der Waals surface area contributed by atoms with E-state index in [1.807, 2.05) is 17.9 Å². The van der Waals surface area contributed by atoms with Gasteiger partial charge in [-0.15, -0.1) is 0 Å². The van der Waals surface area contributed by atoms with E-state index in [1.54, 1.807) is 18.2 Å². The SMILES string of the molecule is CCOCCCNC(=S)N1CCN(S(=O)(=O)c2cccc(Br)c2)CC1. The number of nitrogens with one attached hydrogen (secondary N) is 1. The molecule has 1 aliphatic rings. The highest BCUT2D eigenvalue weighted by Gasteiger charge is 2.29. The van der Waals surface area contributed by atoms with Crippen molar-refractivity contribution in [3.63, 3.8) is 0 Å². The van der Waals surface area contributed by atoms with Crippen molar-refractivity contribution in [3.8, 4) is 0 Å². The van der Waals surface area contributed by atoms with Crippen LogP contribution >= 0.6 is 28.1 Å². The Hall–Kier alpha value is -0.740. The fourth-order valence-electron chi connectivity index (χ4n) is 2.53. The Labute approximate surface area is 163 Å². The van der Waals surface area contributed by atoms with E-state index in [0.717, 1.165) is 24.0 Å². The molecule has 0 radical (unpaired) electrons. The van der Waals surface area contributed by atoms with Gasteiger partial charge >= 0.3 is 0 Å². The average Bonchev–Trinajstić information content (AvgIpc) is 2.61. The Morgan fingerprint density at radius 2 is 2.04 bits per heavy atom. The van der Waals surface area contributed by atoms with Gasteiger partial charge in [0, 0.05) is 50.4 Å². The first-order valence-electron chi connectivity index (χ1n) is 8.31. The summed E-state index contributed by atoms with van der Waals surface area (Å²) < 4.78 is 33.0. The van der Waals surface area contributed by atoms with E-state index < -0.39 is 10.0 Å². The summed E-state index contributed by atoms with van der Waals surface area (Å²) in [6.07, 6.45) is 0.894. The summed E-state index contributed by atoms with van der Waals surface area (Å²) in [6, 6.07) is 6.80. The number of benzene rings is 1. The van der Waals surface area contributed by atoms with Gasteiger partial charge in [0.1, 0.15) is 0 Å². The lowest BCUT2D eigenvalue weighted by Crippen LogP contribution is -2.53. The van der Waals surface area contributed by atoms with Gasteiger partial charge in [-0.1, -0.05) is 22.0 Å². The van der Waals surface area contributed by atoms with Gasteiger partial charge in [0.05, 0.1) is 4.90 Å². The van der Waals surface area contributed by atoms with Crippen LogP contribution in [0.2, 0.25) is 0 Å². The maximum atomic E-state index is 12.7. The van der Waals surface area contributed by atoms with Gasteiger partial charge in [0.25, 0.3) is 0 Å². The lowest BCUT2D eigenvalue weighted by molar-refractivity contribution is 0.145. The van der Waals surface area contributed by atoms with Crippen LogP contribution in [-0.2, 0) is 14.8 Å². The number of nitrogens with zero attached hydrogens (tertiary/aromatic N) is 2. The lowest BCUT2D eigenvalue weighted by Gasteiger charge is -2.35. The van der Waals surface area contributed by atoms with Crippen molar-refractivity contribution in [3.05, 3.63) is 28.7 Å². The van der Waals surface area contributed by atoms with E-state index in [9.17, 15) is 8.42 Å². The molecule has 1 heterocycles. The quantitative estimate of drug-likeness (QED) is 0.507. The van der Waals surface area contributed by atoms with Crippen LogP contribution in [0.5, 0.6) is 0 Å². The molecule has 6 nitrogen and oxygen atoms in total. The zero-order valence-corrected chi connectivity index (χ0v) is 17.5. The van der Waals surface area contributed by atoms with Gasteiger partial charge in [-0.2, -0.15) is 4.31 Å². The first-order valence-corrected chi connectivity index (χ1v) is 11.0. The van der Waals surface area contributed by atoms with E-state index in [1.165, 1.54) is 4.31 Å². The smallest absolute Gasteiger partial charge is 0.243 e. The zero-order chi connectivity index (χ0) is 18.3. The number of rotatable bonds is 7. The fraction of sp³-hybridized carbons (Fsp3) is 0.562. The molecule has 0 saturated carbocycles. The Kier molecular flexibility index (Phi) is 8.08. The molecule has 0 atom stereocenters. The molecule has 1 aliphatic heterocycles. The number of piperazine rings is 1. The molecule has 1 aromatic carbocycles. The van der Waals surface area contributed by atoms with Crippen molar-refractivity contribution in [1.29, 1.82) is 0 Å². The molecule has 2 rings (SSSR count). The molecule has 140 valence electrons. The topological polar surface area (TPSA) is 61.9 Å². The van der Waals surface area contributed by atoms with E-state index >= 15 is 0 Å². The highest BCUT2D eigenvalue weighted by molar-refractivity contribution is 9.10. The minimum Gasteiger partial charge on any atom is -0.382 e. The van der Waals surface area contributed by atoms with Crippen molar-refractivity contribution >= 4 is 43.3 Å². The molecule has 1 saturated heterocycles. The third kappa shape index (κ3) is 5.89. The summed E-state index contributed by atoms with van der Waals surface area (Å²) in [5, 5.41) is 3.88. The molecule has 0 amide bonds. The Morgan fingerprint density at radius 1 is 1.32 bits per heavy atom. The number of sulfonamides is 1. The molecular formula is C16H24BrN3O3S2. The first-order chi connectivity index (χ1) is 11.9. The zero-order valence-electron chi connectivity index (χ0n) is 14.3. The second-order valence-corrected chi connectivity index (χ2v) is 8.87. The van der Waals surface area contributed by atoms with Gasteiger partial charge in [-0.25, -0.2) is 8.42 Å². The second-order valence-electron chi connectivity index (χ2n) is 5.63. The van der Waals surface area contributed by atoms with Crippen LogP contribution in [0.25, 0.3) is 0 Å². The molecule has 0 bridgehead atoms. The minimum atomic E-state index is -3.46. The second kappa shape index (κ2) is 9.82. The summed E-state index contributed by atoms with van der Waals surface area (Å²) in [4.78, 5) is 2.33. The van der Waals surface area contributed by atoms with Crippen molar-refractivity contribution in [2.45, 2.75) is 18.2 Å². The number of halogens is 1. The minimum absolute atomic E-state index is 0.312. The Bertz CT molecular complexity index is 677. The van der Waals surface area contributed by atoms with Crippen molar-refractivity contribution in [1.82, 2.24) is 14.5 Å². The van der Waals surface area contributed by atoms with Crippen molar-refractivity contribution < 1.29 is 13.2 Å². The summed E-state index contributed by atoms with van der Waals surface area (Å²) >= 11 is 8.72. The highest BCUT2D eigenvalue weighted by Crippen LogP contribution is 2.21. The number of ether oxygens (including phenoxy) is 1. The molecule has 1 aromatic rings. The van der Waals surface area contributed by atoms with Gasteiger partial charge < -0.3 is 15.0 Å². The van der Waals surface area contributed by atoms with Crippen LogP contribution in [0, 0.1) is 0 Å². The average molecular weight is 450 g/mol. The van der Waals surface area contributed by atoms with Crippen LogP contribution in [0.15, 0.2) is 33.6 Å². The largest absolute Gasteiger partial charge is 0.382 e. The molecule has 1 fully saturated rings. The Morgan fingerprint density at radius 3 is 2.68 bits per heavy atom. The molecule has 1 N–H and O–H groups in total. The number of thiocarbonyl (C=S) groups is 1. The van der Waals surface area contributed by atoms with Crippen LogP contribution in [0.1, 0.15) is 13.3 Å². The summed E-state index contributed by atoms with van der Waals surface area (Å²) in [5.74, 6) is 0. The van der Waals surface area contributed by atoms with Crippen molar-refractivity contribution in [2.24, 2.45) is 0 Å². The molecule has 25 heavy (non-hydrogen) atoms. The maximum Gasteiger partial charge on any atom is 0.243 e. The van der Waals surface area contributed by atoms with Gasteiger partial charge in [-0.05, 0) is 43.8 Å². The summed E-state index contributed by atoms with van der Waals surface area (Å²) in [6.45, 7) is 6.19. The third-order valence-electron chi connectivity index (χ3n) is 3.91. The van der Waals surface area contributed by atoms with Crippen LogP contribution in [0.3, 0.4) is 0 Å². The van der Waals surface area contributed by atoms with Crippen LogP contribution < -0.4 is 5.32 Å². The van der Waals surface area contributed by atoms with Gasteiger partial charge in [0.2, 0.25) is 10.0 Å². The van der Waals surface area contributed by atoms with Gasteiger partial charge in [0.15, 0.2) is 5.11 Å². The van der Waals surface area contributed by atoms with E-state index in [2.05, 4.69) is 21.2 Å². The summed E-state index contributed by atoms with van der Waals surface area (Å²) in [7, 11) is -3.46. The lowest BCUT2D eigenvalue weighted by atomic mass is 10.4. The molecule has 9 heteroatoms. The monoisotopic (exact) mass is 449 g/mol.